The van der Waals surface area contributed by atoms with Gasteiger partial charge in [0, 0.05) is 18.0 Å². The molecule has 0 saturated heterocycles. The molecule has 0 amide bonds. The minimum absolute atomic E-state index is 0.0253. The van der Waals surface area contributed by atoms with Crippen LogP contribution < -0.4 is 5.73 Å². The van der Waals surface area contributed by atoms with E-state index in [1.165, 1.54) is 0 Å². The molecule has 2 heterocycles. The van der Waals surface area contributed by atoms with Crippen molar-refractivity contribution in [3.63, 3.8) is 0 Å². The molecule has 0 aliphatic heterocycles. The molecule has 3 N–H and O–H groups in total. The van der Waals surface area contributed by atoms with Gasteiger partial charge in [-0.2, -0.15) is 0 Å². The van der Waals surface area contributed by atoms with Crippen molar-refractivity contribution in [3.05, 3.63) is 23.1 Å². The summed E-state index contributed by atoms with van der Waals surface area (Å²) in [5.41, 5.74) is 6.45. The van der Waals surface area contributed by atoms with Gasteiger partial charge in [0.25, 0.3) is 0 Å². The van der Waals surface area contributed by atoms with Crippen molar-refractivity contribution in [3.8, 4) is 0 Å². The number of nitrogens with two attached hydrogens (primary N) is 1. The van der Waals surface area contributed by atoms with Gasteiger partial charge in [-0.05, 0) is 6.54 Å². The summed E-state index contributed by atoms with van der Waals surface area (Å²) in [6, 6.07) is 0. The van der Waals surface area contributed by atoms with Crippen LogP contribution in [0.15, 0.2) is 11.6 Å². The lowest BCUT2D eigenvalue weighted by Gasteiger charge is -1.88. The van der Waals surface area contributed by atoms with E-state index in [0.717, 1.165) is 16.9 Å². The molecule has 13 heavy (non-hydrogen) atoms. The monoisotopic (exact) mass is 197 g/mol. The highest BCUT2D eigenvalue weighted by Gasteiger charge is 2.09. The maximum absolute atomic E-state index is 9.03. The van der Waals surface area contributed by atoms with Crippen LogP contribution in [-0.2, 0) is 13.0 Å². The molecule has 0 spiro atoms. The first kappa shape index (κ1) is 8.68. The van der Waals surface area contributed by atoms with Crippen molar-refractivity contribution in [1.29, 1.82) is 0 Å². The Morgan fingerprint density at radius 2 is 2.46 bits per heavy atom. The van der Waals surface area contributed by atoms with Gasteiger partial charge >= 0.3 is 0 Å². The molecule has 4 nitrogen and oxygen atoms in total. The number of hydrogen-bond acceptors (Lipinski definition) is 4. The average Bonchev–Trinajstić information content (AvgIpc) is 2.68. The number of rotatable bonds is 3. The molecule has 2 rings (SSSR count). The molecule has 2 aromatic heterocycles. The second-order valence-corrected chi connectivity index (χ2v) is 3.64. The molecule has 0 saturated carbocycles. The minimum Gasteiger partial charge on any atom is -0.388 e. The summed E-state index contributed by atoms with van der Waals surface area (Å²) in [6.07, 6.45) is 2.68. The largest absolute Gasteiger partial charge is 0.388 e. The SMILES string of the molecule is NCCc1nc(CO)n2ccsc12. The van der Waals surface area contributed by atoms with Gasteiger partial charge in [0.15, 0.2) is 0 Å². The number of imidazole rings is 1. The zero-order valence-electron chi connectivity index (χ0n) is 7.10. The highest BCUT2D eigenvalue weighted by molar-refractivity contribution is 7.15. The first-order chi connectivity index (χ1) is 6.36. The molecule has 0 aliphatic rings. The molecule has 0 unspecified atom stereocenters. The lowest BCUT2D eigenvalue weighted by molar-refractivity contribution is 0.270. The molecular weight excluding hydrogens is 186 g/mol. The fraction of sp³-hybridized carbons (Fsp3) is 0.375. The van der Waals surface area contributed by atoms with Crippen molar-refractivity contribution < 1.29 is 5.11 Å². The Morgan fingerprint density at radius 1 is 1.62 bits per heavy atom. The smallest absolute Gasteiger partial charge is 0.140 e. The maximum Gasteiger partial charge on any atom is 0.140 e. The molecule has 5 heteroatoms. The van der Waals surface area contributed by atoms with E-state index in [9.17, 15) is 0 Å². The molecule has 0 radical (unpaired) electrons. The van der Waals surface area contributed by atoms with E-state index >= 15 is 0 Å². The van der Waals surface area contributed by atoms with Crippen molar-refractivity contribution in [1.82, 2.24) is 9.38 Å². The summed E-state index contributed by atoms with van der Waals surface area (Å²) in [7, 11) is 0. The summed E-state index contributed by atoms with van der Waals surface area (Å²) < 4.78 is 1.91. The van der Waals surface area contributed by atoms with Gasteiger partial charge in [0.2, 0.25) is 0 Å². The molecule has 0 aromatic carbocycles. The molecule has 0 aliphatic carbocycles. The molecular formula is C8H11N3OS. The van der Waals surface area contributed by atoms with Gasteiger partial charge in [-0.15, -0.1) is 11.3 Å². The van der Waals surface area contributed by atoms with Gasteiger partial charge in [0.1, 0.15) is 17.3 Å². The zero-order valence-corrected chi connectivity index (χ0v) is 7.92. The third kappa shape index (κ3) is 1.35. The third-order valence-electron chi connectivity index (χ3n) is 1.92. The van der Waals surface area contributed by atoms with Crippen molar-refractivity contribution in [2.75, 3.05) is 6.54 Å². The fourth-order valence-electron chi connectivity index (χ4n) is 1.36. The topological polar surface area (TPSA) is 63.5 Å². The van der Waals surface area contributed by atoms with E-state index in [-0.39, 0.29) is 6.61 Å². The number of nitrogens with zero attached hydrogens (tertiary/aromatic N) is 2. The molecule has 0 fully saturated rings. The van der Waals surface area contributed by atoms with Crippen molar-refractivity contribution in [2.45, 2.75) is 13.0 Å². The Hall–Kier alpha value is -0.910. The van der Waals surface area contributed by atoms with Crippen LogP contribution in [0.3, 0.4) is 0 Å². The predicted molar refractivity (Wildman–Crippen MR) is 51.8 cm³/mol. The van der Waals surface area contributed by atoms with Crippen LogP contribution in [0.25, 0.3) is 4.83 Å². The van der Waals surface area contributed by atoms with E-state index < -0.39 is 0 Å². The number of aromatic nitrogens is 2. The van der Waals surface area contributed by atoms with Crippen molar-refractivity contribution >= 4 is 16.2 Å². The van der Waals surface area contributed by atoms with E-state index in [1.807, 2.05) is 16.0 Å². The van der Waals surface area contributed by atoms with Gasteiger partial charge in [-0.25, -0.2) is 4.98 Å². The highest BCUT2D eigenvalue weighted by atomic mass is 32.1. The van der Waals surface area contributed by atoms with Crippen LogP contribution in [0.2, 0.25) is 0 Å². The number of aliphatic hydroxyl groups is 1. The third-order valence-corrected chi connectivity index (χ3v) is 2.83. The van der Waals surface area contributed by atoms with Gasteiger partial charge in [-0.1, -0.05) is 0 Å². The van der Waals surface area contributed by atoms with Crippen LogP contribution in [0.4, 0.5) is 0 Å². The summed E-state index contributed by atoms with van der Waals surface area (Å²) in [4.78, 5) is 5.39. The highest BCUT2D eigenvalue weighted by Crippen LogP contribution is 2.19. The van der Waals surface area contributed by atoms with Crippen molar-refractivity contribution in [2.24, 2.45) is 5.73 Å². The maximum atomic E-state index is 9.03. The summed E-state index contributed by atoms with van der Waals surface area (Å²) >= 11 is 1.62. The lowest BCUT2D eigenvalue weighted by Crippen LogP contribution is -2.03. The standard InChI is InChI=1S/C8H11N3OS/c9-2-1-6-8-11(3-4-13-8)7(5-12)10-6/h3-4,12H,1-2,5,9H2. The molecule has 70 valence electrons. The fourth-order valence-corrected chi connectivity index (χ4v) is 2.23. The van der Waals surface area contributed by atoms with Crippen LogP contribution in [0.1, 0.15) is 11.5 Å². The minimum atomic E-state index is -0.0253. The zero-order chi connectivity index (χ0) is 9.26. The summed E-state index contributed by atoms with van der Waals surface area (Å²) in [5.74, 6) is 0.694. The van der Waals surface area contributed by atoms with E-state index in [1.54, 1.807) is 11.3 Å². The number of hydrogen-bond donors (Lipinski definition) is 2. The second-order valence-electron chi connectivity index (χ2n) is 2.75. The quantitative estimate of drug-likeness (QED) is 0.748. The molecule has 0 bridgehead atoms. The number of aliphatic hydroxyl groups excluding tert-OH is 1. The van der Waals surface area contributed by atoms with Crippen LogP contribution in [0.5, 0.6) is 0 Å². The van der Waals surface area contributed by atoms with Crippen LogP contribution in [0, 0.1) is 0 Å². The Morgan fingerprint density at radius 3 is 3.15 bits per heavy atom. The van der Waals surface area contributed by atoms with E-state index in [4.69, 9.17) is 10.8 Å². The second kappa shape index (κ2) is 3.45. The van der Waals surface area contributed by atoms with E-state index in [2.05, 4.69) is 4.98 Å². The van der Waals surface area contributed by atoms with Crippen LogP contribution >= 0.6 is 11.3 Å². The van der Waals surface area contributed by atoms with Gasteiger partial charge in [-0.3, -0.25) is 4.40 Å². The van der Waals surface area contributed by atoms with E-state index in [0.29, 0.717) is 12.4 Å². The number of fused-ring (bicyclic) bond motifs is 1. The number of thiazole rings is 1. The average molecular weight is 197 g/mol. The lowest BCUT2D eigenvalue weighted by atomic mass is 10.3. The Balaban J connectivity index is 2.55. The normalized spacial score (nSPS) is 11.2. The Kier molecular flexibility index (Phi) is 2.30. The van der Waals surface area contributed by atoms with Gasteiger partial charge < -0.3 is 10.8 Å². The summed E-state index contributed by atoms with van der Waals surface area (Å²) in [6.45, 7) is 0.567. The molecule has 2 aromatic rings. The first-order valence-corrected chi connectivity index (χ1v) is 4.99. The first-order valence-electron chi connectivity index (χ1n) is 4.11. The summed E-state index contributed by atoms with van der Waals surface area (Å²) in [5, 5.41) is 11.0. The Bertz CT molecular complexity index is 406. The molecule has 0 atom stereocenters. The predicted octanol–water partition coefficient (Wildman–Crippen LogP) is 0.389. The Labute approximate surface area is 79.6 Å². The van der Waals surface area contributed by atoms with Gasteiger partial charge in [0.05, 0.1) is 5.69 Å². The van der Waals surface area contributed by atoms with Crippen LogP contribution in [-0.4, -0.2) is 21.0 Å².